The van der Waals surface area contributed by atoms with E-state index >= 15 is 0 Å². The lowest BCUT2D eigenvalue weighted by Gasteiger charge is -2.06. The van der Waals surface area contributed by atoms with Gasteiger partial charge in [0.15, 0.2) is 5.65 Å². The SMILES string of the molecule is CCC(C)c1cnc2[nH]c(C(C)C)nc2c1. The third-order valence-corrected chi connectivity index (χ3v) is 3.10. The highest BCUT2D eigenvalue weighted by Crippen LogP contribution is 2.22. The first-order valence-corrected chi connectivity index (χ1v) is 5.97. The van der Waals surface area contributed by atoms with Crippen LogP contribution in [0.25, 0.3) is 11.2 Å². The van der Waals surface area contributed by atoms with Crippen molar-refractivity contribution in [3.8, 4) is 0 Å². The van der Waals surface area contributed by atoms with Gasteiger partial charge in [-0.15, -0.1) is 0 Å². The Hall–Kier alpha value is -1.38. The molecule has 0 aliphatic heterocycles. The molecule has 1 N–H and O–H groups in total. The minimum Gasteiger partial charge on any atom is -0.326 e. The van der Waals surface area contributed by atoms with Crippen LogP contribution in [0.5, 0.6) is 0 Å². The summed E-state index contributed by atoms with van der Waals surface area (Å²) in [4.78, 5) is 12.3. The van der Waals surface area contributed by atoms with Gasteiger partial charge < -0.3 is 4.98 Å². The van der Waals surface area contributed by atoms with Crippen molar-refractivity contribution in [2.75, 3.05) is 0 Å². The number of pyridine rings is 1. The smallest absolute Gasteiger partial charge is 0.157 e. The van der Waals surface area contributed by atoms with Crippen molar-refractivity contribution in [1.82, 2.24) is 15.0 Å². The van der Waals surface area contributed by atoms with E-state index in [9.17, 15) is 0 Å². The second-order valence-corrected chi connectivity index (χ2v) is 4.72. The van der Waals surface area contributed by atoms with E-state index in [1.165, 1.54) is 5.56 Å². The van der Waals surface area contributed by atoms with Crippen LogP contribution in [0.1, 0.15) is 57.3 Å². The first-order valence-electron chi connectivity index (χ1n) is 5.97. The van der Waals surface area contributed by atoms with E-state index in [-0.39, 0.29) is 0 Å². The summed E-state index contributed by atoms with van der Waals surface area (Å²) < 4.78 is 0. The van der Waals surface area contributed by atoms with Crippen molar-refractivity contribution in [2.45, 2.75) is 46.0 Å². The van der Waals surface area contributed by atoms with Gasteiger partial charge in [-0.05, 0) is 24.0 Å². The molecule has 1 atom stereocenters. The molecule has 0 aliphatic carbocycles. The first-order chi connectivity index (χ1) is 7.61. The predicted molar refractivity (Wildman–Crippen MR) is 66.7 cm³/mol. The molecule has 3 nitrogen and oxygen atoms in total. The molecule has 1 unspecified atom stereocenters. The van der Waals surface area contributed by atoms with Crippen molar-refractivity contribution in [2.24, 2.45) is 0 Å². The van der Waals surface area contributed by atoms with Crippen LogP contribution in [0.3, 0.4) is 0 Å². The summed E-state index contributed by atoms with van der Waals surface area (Å²) >= 11 is 0. The van der Waals surface area contributed by atoms with Crippen molar-refractivity contribution < 1.29 is 0 Å². The number of hydrogen-bond donors (Lipinski definition) is 1. The van der Waals surface area contributed by atoms with Gasteiger partial charge in [0.2, 0.25) is 0 Å². The summed E-state index contributed by atoms with van der Waals surface area (Å²) in [5.74, 6) is 1.99. The van der Waals surface area contributed by atoms with Crippen LogP contribution in [0.4, 0.5) is 0 Å². The highest BCUT2D eigenvalue weighted by atomic mass is 15.0. The number of nitrogens with one attached hydrogen (secondary N) is 1. The van der Waals surface area contributed by atoms with Gasteiger partial charge in [-0.1, -0.05) is 27.7 Å². The van der Waals surface area contributed by atoms with E-state index in [1.807, 2.05) is 6.20 Å². The quantitative estimate of drug-likeness (QED) is 0.853. The minimum atomic E-state index is 0.418. The van der Waals surface area contributed by atoms with E-state index in [0.717, 1.165) is 23.4 Å². The van der Waals surface area contributed by atoms with Crippen molar-refractivity contribution in [1.29, 1.82) is 0 Å². The summed E-state index contributed by atoms with van der Waals surface area (Å²) in [6, 6.07) is 2.15. The highest BCUT2D eigenvalue weighted by molar-refractivity contribution is 5.71. The third-order valence-electron chi connectivity index (χ3n) is 3.10. The molecule has 0 aromatic carbocycles. The van der Waals surface area contributed by atoms with Gasteiger partial charge in [-0.25, -0.2) is 9.97 Å². The van der Waals surface area contributed by atoms with Gasteiger partial charge in [-0.2, -0.15) is 0 Å². The molecule has 0 aliphatic rings. The summed E-state index contributed by atoms with van der Waals surface area (Å²) in [5.41, 5.74) is 3.16. The van der Waals surface area contributed by atoms with Crippen LogP contribution < -0.4 is 0 Å². The van der Waals surface area contributed by atoms with Crippen LogP contribution in [-0.4, -0.2) is 15.0 Å². The molecule has 3 heteroatoms. The molecule has 2 aromatic rings. The van der Waals surface area contributed by atoms with E-state index in [4.69, 9.17) is 0 Å². The maximum atomic E-state index is 4.57. The average molecular weight is 217 g/mol. The fourth-order valence-electron chi connectivity index (χ4n) is 1.71. The van der Waals surface area contributed by atoms with Gasteiger partial charge in [0.05, 0.1) is 0 Å². The monoisotopic (exact) mass is 217 g/mol. The van der Waals surface area contributed by atoms with E-state index in [0.29, 0.717) is 11.8 Å². The fraction of sp³-hybridized carbons (Fsp3) is 0.538. The van der Waals surface area contributed by atoms with E-state index in [2.05, 4.69) is 48.7 Å². The van der Waals surface area contributed by atoms with Gasteiger partial charge in [0.1, 0.15) is 11.3 Å². The van der Waals surface area contributed by atoms with Crippen LogP contribution >= 0.6 is 0 Å². The third kappa shape index (κ3) is 1.94. The second kappa shape index (κ2) is 4.24. The van der Waals surface area contributed by atoms with Gasteiger partial charge in [0.25, 0.3) is 0 Å². The molecular formula is C13H19N3. The zero-order chi connectivity index (χ0) is 11.7. The average Bonchev–Trinajstić information content (AvgIpc) is 2.70. The van der Waals surface area contributed by atoms with Gasteiger partial charge >= 0.3 is 0 Å². The second-order valence-electron chi connectivity index (χ2n) is 4.72. The van der Waals surface area contributed by atoms with Gasteiger partial charge in [0, 0.05) is 12.1 Å². The Bertz CT molecular complexity index is 485. The Labute approximate surface area is 96.3 Å². The molecule has 2 heterocycles. The Morgan fingerprint density at radius 3 is 2.69 bits per heavy atom. The Morgan fingerprint density at radius 2 is 2.06 bits per heavy atom. The van der Waals surface area contributed by atoms with Crippen molar-refractivity contribution in [3.63, 3.8) is 0 Å². The van der Waals surface area contributed by atoms with Crippen molar-refractivity contribution >= 4 is 11.2 Å². The molecule has 0 spiro atoms. The largest absolute Gasteiger partial charge is 0.326 e. The number of hydrogen-bond acceptors (Lipinski definition) is 2. The molecule has 2 aromatic heterocycles. The molecule has 0 fully saturated rings. The van der Waals surface area contributed by atoms with Crippen LogP contribution in [0.15, 0.2) is 12.3 Å². The topological polar surface area (TPSA) is 41.6 Å². The number of imidazole rings is 1. The Balaban J connectivity index is 2.45. The van der Waals surface area contributed by atoms with Crippen LogP contribution in [0, 0.1) is 0 Å². The standard InChI is InChI=1S/C13H19N3/c1-5-9(4)10-6-11-13(14-7-10)16-12(15-11)8(2)3/h6-9H,5H2,1-4H3,(H,14,15,16). The maximum absolute atomic E-state index is 4.57. The highest BCUT2D eigenvalue weighted by Gasteiger charge is 2.09. The molecule has 0 radical (unpaired) electrons. The number of nitrogens with zero attached hydrogens (tertiary/aromatic N) is 2. The summed E-state index contributed by atoms with van der Waals surface area (Å²) in [7, 11) is 0. The minimum absolute atomic E-state index is 0.418. The molecular weight excluding hydrogens is 198 g/mol. The maximum Gasteiger partial charge on any atom is 0.157 e. The van der Waals surface area contributed by atoms with Crippen molar-refractivity contribution in [3.05, 3.63) is 23.7 Å². The molecule has 0 saturated heterocycles. The number of rotatable bonds is 3. The zero-order valence-electron chi connectivity index (χ0n) is 10.4. The Kier molecular flexibility index (Phi) is 2.95. The zero-order valence-corrected chi connectivity index (χ0v) is 10.4. The number of aromatic amines is 1. The lowest BCUT2D eigenvalue weighted by atomic mass is 10.0. The lowest BCUT2D eigenvalue weighted by Crippen LogP contribution is -1.92. The molecule has 2 rings (SSSR count). The first kappa shape index (κ1) is 11.1. The molecule has 0 amide bonds. The molecule has 86 valence electrons. The normalized spacial score (nSPS) is 13.6. The number of aromatic nitrogens is 3. The predicted octanol–water partition coefficient (Wildman–Crippen LogP) is 3.59. The summed E-state index contributed by atoms with van der Waals surface area (Å²) in [5, 5.41) is 0. The van der Waals surface area contributed by atoms with E-state index in [1.54, 1.807) is 0 Å². The fourth-order valence-corrected chi connectivity index (χ4v) is 1.71. The Morgan fingerprint density at radius 1 is 1.31 bits per heavy atom. The van der Waals surface area contributed by atoms with Gasteiger partial charge in [-0.3, -0.25) is 0 Å². The molecule has 0 saturated carbocycles. The number of H-pyrrole nitrogens is 1. The summed E-state index contributed by atoms with van der Waals surface area (Å²) in [6.45, 7) is 8.68. The molecule has 0 bridgehead atoms. The number of fused-ring (bicyclic) bond motifs is 1. The van der Waals surface area contributed by atoms with Crippen LogP contribution in [-0.2, 0) is 0 Å². The lowest BCUT2D eigenvalue weighted by molar-refractivity contribution is 0.731. The van der Waals surface area contributed by atoms with E-state index < -0.39 is 0 Å². The van der Waals surface area contributed by atoms with Crippen LogP contribution in [0.2, 0.25) is 0 Å². The summed E-state index contributed by atoms with van der Waals surface area (Å²) in [6.07, 6.45) is 3.09. The molecule has 16 heavy (non-hydrogen) atoms.